The van der Waals surface area contributed by atoms with Gasteiger partial charge in [0.25, 0.3) is 0 Å². The van der Waals surface area contributed by atoms with E-state index in [0.29, 0.717) is 17.9 Å². The van der Waals surface area contributed by atoms with Crippen LogP contribution in [-0.4, -0.2) is 58.8 Å². The van der Waals surface area contributed by atoms with Crippen molar-refractivity contribution >= 4 is 24.0 Å². The molecule has 0 heterocycles. The summed E-state index contributed by atoms with van der Waals surface area (Å²) in [5.74, 6) is -2.43. The molecule has 166 valence electrons. The normalized spacial score (nSPS) is 11.5. The van der Waals surface area contributed by atoms with Gasteiger partial charge in [0.1, 0.15) is 6.04 Å². The molecule has 1 rings (SSSR count). The van der Waals surface area contributed by atoms with E-state index in [1.807, 2.05) is 44.2 Å². The van der Waals surface area contributed by atoms with Crippen LogP contribution in [0.5, 0.6) is 0 Å². The van der Waals surface area contributed by atoms with Gasteiger partial charge in [0.15, 0.2) is 0 Å². The predicted molar refractivity (Wildman–Crippen MR) is 111 cm³/mol. The lowest BCUT2D eigenvalue weighted by Gasteiger charge is -2.30. The number of hydrogen-bond acceptors (Lipinski definition) is 6. The third-order valence-electron chi connectivity index (χ3n) is 4.25. The number of carboxylic acid groups (broad SMARTS) is 1. The Kier molecular flexibility index (Phi) is 10.4. The summed E-state index contributed by atoms with van der Waals surface area (Å²) in [7, 11) is 1.34. The monoisotopic (exact) mass is 421 g/mol. The number of nitrogens with one attached hydrogen (secondary N) is 1. The molecule has 0 aliphatic heterocycles. The standard InChI is InChI=1S/C21H31N3O6/c1-5-17(19(26)27)23(4)20(22)24(21(28)29-14-15(2)3)30-18(25)13-9-12-16-10-7-6-8-11-16/h6-8,10-11,15,17,22H,5,9,12-14H2,1-4H3,(H,26,27). The van der Waals surface area contributed by atoms with Crippen LogP contribution >= 0.6 is 0 Å². The fraction of sp³-hybridized carbons (Fsp3) is 0.524. The number of hydrogen-bond donors (Lipinski definition) is 2. The number of carbonyl (C=O) groups is 3. The molecule has 1 amide bonds. The van der Waals surface area contributed by atoms with Gasteiger partial charge in [0.2, 0.25) is 5.96 Å². The van der Waals surface area contributed by atoms with E-state index in [1.165, 1.54) is 7.05 Å². The summed E-state index contributed by atoms with van der Waals surface area (Å²) < 4.78 is 5.08. The Hall–Kier alpha value is -3.10. The highest BCUT2D eigenvalue weighted by Gasteiger charge is 2.32. The number of hydroxylamine groups is 2. The van der Waals surface area contributed by atoms with Crippen molar-refractivity contribution in [3.05, 3.63) is 35.9 Å². The fourth-order valence-corrected chi connectivity index (χ4v) is 2.60. The highest BCUT2D eigenvalue weighted by Crippen LogP contribution is 2.11. The molecule has 0 bridgehead atoms. The van der Waals surface area contributed by atoms with Gasteiger partial charge in [-0.15, -0.1) is 0 Å². The highest BCUT2D eigenvalue weighted by atomic mass is 16.8. The molecule has 0 radical (unpaired) electrons. The number of carbonyl (C=O) groups excluding carboxylic acids is 2. The van der Waals surface area contributed by atoms with Crippen molar-refractivity contribution in [3.63, 3.8) is 0 Å². The van der Waals surface area contributed by atoms with Crippen LogP contribution in [0.15, 0.2) is 30.3 Å². The molecule has 1 atom stereocenters. The summed E-state index contributed by atoms with van der Waals surface area (Å²) in [4.78, 5) is 42.3. The van der Waals surface area contributed by atoms with Gasteiger partial charge >= 0.3 is 18.0 Å². The molecular weight excluding hydrogens is 390 g/mol. The van der Waals surface area contributed by atoms with Crippen LogP contribution in [-0.2, 0) is 25.6 Å². The van der Waals surface area contributed by atoms with Crippen molar-refractivity contribution in [1.29, 1.82) is 5.41 Å². The van der Waals surface area contributed by atoms with Crippen molar-refractivity contribution < 1.29 is 29.1 Å². The van der Waals surface area contributed by atoms with Gasteiger partial charge in [-0.2, -0.15) is 0 Å². The molecule has 0 saturated carbocycles. The van der Waals surface area contributed by atoms with Crippen molar-refractivity contribution in [2.45, 2.75) is 52.5 Å². The van der Waals surface area contributed by atoms with E-state index in [9.17, 15) is 19.5 Å². The van der Waals surface area contributed by atoms with Gasteiger partial charge in [0, 0.05) is 13.5 Å². The van der Waals surface area contributed by atoms with Crippen molar-refractivity contribution in [2.24, 2.45) is 5.92 Å². The van der Waals surface area contributed by atoms with Gasteiger partial charge in [-0.3, -0.25) is 5.41 Å². The molecule has 9 heteroatoms. The predicted octanol–water partition coefficient (Wildman–Crippen LogP) is 3.29. The minimum Gasteiger partial charge on any atom is -0.480 e. The van der Waals surface area contributed by atoms with Gasteiger partial charge in [-0.05, 0) is 30.7 Å². The SMILES string of the molecule is CCC(C(=O)O)N(C)C(=N)N(OC(=O)CCCc1ccccc1)C(=O)OCC(C)C. The lowest BCUT2D eigenvalue weighted by Crippen LogP contribution is -2.52. The number of amides is 1. The molecule has 0 fully saturated rings. The van der Waals surface area contributed by atoms with Crippen LogP contribution < -0.4 is 0 Å². The lowest BCUT2D eigenvalue weighted by atomic mass is 10.1. The molecule has 0 spiro atoms. The van der Waals surface area contributed by atoms with E-state index in [4.69, 9.17) is 15.0 Å². The zero-order valence-corrected chi connectivity index (χ0v) is 18.0. The number of nitrogens with zero attached hydrogens (tertiary/aromatic N) is 2. The molecular formula is C21H31N3O6. The highest BCUT2D eigenvalue weighted by molar-refractivity contribution is 5.94. The average molecular weight is 421 g/mol. The van der Waals surface area contributed by atoms with Gasteiger partial charge in [0.05, 0.1) is 6.61 Å². The second-order valence-corrected chi connectivity index (χ2v) is 7.26. The number of aryl methyl sites for hydroxylation is 1. The fourth-order valence-electron chi connectivity index (χ4n) is 2.60. The van der Waals surface area contributed by atoms with Crippen molar-refractivity contribution in [1.82, 2.24) is 9.96 Å². The van der Waals surface area contributed by atoms with Crippen molar-refractivity contribution in [2.75, 3.05) is 13.7 Å². The summed E-state index contributed by atoms with van der Waals surface area (Å²) in [6.45, 7) is 5.37. The number of carboxylic acids is 1. The van der Waals surface area contributed by atoms with Crippen LogP contribution in [0.2, 0.25) is 0 Å². The number of likely N-dealkylation sites (N-methyl/N-ethyl adjacent to an activating group) is 1. The lowest BCUT2D eigenvalue weighted by molar-refractivity contribution is -0.170. The first kappa shape index (κ1) is 24.9. The Balaban J connectivity index is 2.81. The molecule has 1 aromatic carbocycles. The first-order valence-electron chi connectivity index (χ1n) is 9.93. The Bertz CT molecular complexity index is 723. The molecule has 0 aliphatic rings. The molecule has 0 saturated heterocycles. The van der Waals surface area contributed by atoms with E-state index in [-0.39, 0.29) is 25.4 Å². The Labute approximate surface area is 177 Å². The molecule has 9 nitrogen and oxygen atoms in total. The van der Waals surface area contributed by atoms with Crippen LogP contribution in [0.1, 0.15) is 45.6 Å². The van der Waals surface area contributed by atoms with E-state index < -0.39 is 30.0 Å². The number of rotatable bonds is 9. The third-order valence-corrected chi connectivity index (χ3v) is 4.25. The quantitative estimate of drug-likeness (QED) is 0.356. The average Bonchev–Trinajstić information content (AvgIpc) is 2.70. The zero-order valence-electron chi connectivity index (χ0n) is 18.0. The second-order valence-electron chi connectivity index (χ2n) is 7.26. The molecule has 2 N–H and O–H groups in total. The molecule has 30 heavy (non-hydrogen) atoms. The van der Waals surface area contributed by atoms with Gasteiger partial charge in [-0.25, -0.2) is 14.4 Å². The number of benzene rings is 1. The van der Waals surface area contributed by atoms with Crippen LogP contribution in [0.3, 0.4) is 0 Å². The maximum atomic E-state index is 12.4. The Morgan fingerprint density at radius 2 is 1.80 bits per heavy atom. The van der Waals surface area contributed by atoms with Crippen LogP contribution in [0, 0.1) is 11.3 Å². The van der Waals surface area contributed by atoms with Crippen LogP contribution in [0.25, 0.3) is 0 Å². The van der Waals surface area contributed by atoms with E-state index >= 15 is 0 Å². The smallest absolute Gasteiger partial charge is 0.451 e. The Morgan fingerprint density at radius 3 is 2.33 bits per heavy atom. The molecule has 0 aliphatic carbocycles. The summed E-state index contributed by atoms with van der Waals surface area (Å²) in [5.41, 5.74) is 1.07. The summed E-state index contributed by atoms with van der Waals surface area (Å²) >= 11 is 0. The maximum Gasteiger partial charge on any atom is 0.451 e. The molecule has 1 unspecified atom stereocenters. The van der Waals surface area contributed by atoms with Crippen LogP contribution in [0.4, 0.5) is 4.79 Å². The number of guanidine groups is 1. The first-order valence-corrected chi connectivity index (χ1v) is 9.93. The first-order chi connectivity index (χ1) is 14.2. The summed E-state index contributed by atoms with van der Waals surface area (Å²) in [5, 5.41) is 17.9. The van der Waals surface area contributed by atoms with Crippen molar-refractivity contribution in [3.8, 4) is 0 Å². The zero-order chi connectivity index (χ0) is 22.7. The maximum absolute atomic E-state index is 12.4. The van der Waals surface area contributed by atoms with E-state index in [1.54, 1.807) is 6.92 Å². The minimum atomic E-state index is -1.16. The third kappa shape index (κ3) is 8.10. The topological polar surface area (TPSA) is 120 Å². The number of ether oxygens (including phenoxy) is 1. The molecule has 0 aromatic heterocycles. The summed E-state index contributed by atoms with van der Waals surface area (Å²) in [6, 6.07) is 8.55. The molecule has 1 aromatic rings. The summed E-state index contributed by atoms with van der Waals surface area (Å²) in [6.07, 6.45) is 0.317. The van der Waals surface area contributed by atoms with Gasteiger partial charge in [-0.1, -0.05) is 56.2 Å². The number of aliphatic carboxylic acids is 1. The van der Waals surface area contributed by atoms with Gasteiger partial charge < -0.3 is 19.6 Å². The Morgan fingerprint density at radius 1 is 1.17 bits per heavy atom. The largest absolute Gasteiger partial charge is 0.480 e. The van der Waals surface area contributed by atoms with E-state index in [0.717, 1.165) is 10.5 Å². The minimum absolute atomic E-state index is 0.0238. The second kappa shape index (κ2) is 12.5. The van der Waals surface area contributed by atoms with E-state index in [2.05, 4.69) is 0 Å².